The van der Waals surface area contributed by atoms with Crippen LogP contribution in [0.4, 0.5) is 0 Å². The van der Waals surface area contributed by atoms with Gasteiger partial charge in [0.1, 0.15) is 5.76 Å². The van der Waals surface area contributed by atoms with E-state index in [0.717, 1.165) is 24.7 Å². The molecule has 1 aliphatic rings. The molecule has 0 amide bonds. The summed E-state index contributed by atoms with van der Waals surface area (Å²) in [4.78, 5) is 4.37. The van der Waals surface area contributed by atoms with Gasteiger partial charge in [0, 0.05) is 5.41 Å². The van der Waals surface area contributed by atoms with Crippen molar-refractivity contribution in [2.24, 2.45) is 5.92 Å². The first-order valence-electron chi connectivity index (χ1n) is 6.76. The van der Waals surface area contributed by atoms with E-state index in [1.54, 1.807) is 0 Å². The van der Waals surface area contributed by atoms with Crippen LogP contribution in [0.1, 0.15) is 58.1 Å². The molecule has 1 fully saturated rings. The summed E-state index contributed by atoms with van der Waals surface area (Å²) >= 11 is 0. The summed E-state index contributed by atoms with van der Waals surface area (Å²) in [7, 11) is 0. The maximum absolute atomic E-state index is 5.88. The predicted molar refractivity (Wildman–Crippen MR) is 68.9 cm³/mol. The van der Waals surface area contributed by atoms with E-state index in [-0.39, 0.29) is 5.41 Å². The second kappa shape index (κ2) is 5.21. The van der Waals surface area contributed by atoms with Crippen molar-refractivity contribution in [1.82, 2.24) is 10.3 Å². The normalized spacial score (nSPS) is 19.1. The van der Waals surface area contributed by atoms with Crippen molar-refractivity contribution in [3.8, 4) is 0 Å². The Morgan fingerprint density at radius 3 is 2.76 bits per heavy atom. The fourth-order valence-corrected chi connectivity index (χ4v) is 2.54. The third-order valence-corrected chi connectivity index (χ3v) is 3.68. The van der Waals surface area contributed by atoms with E-state index in [0.29, 0.717) is 5.92 Å². The van der Waals surface area contributed by atoms with Gasteiger partial charge in [-0.05, 0) is 25.3 Å². The van der Waals surface area contributed by atoms with E-state index in [2.05, 4.69) is 31.1 Å². The highest BCUT2D eigenvalue weighted by Gasteiger charge is 2.33. The lowest BCUT2D eigenvalue weighted by Crippen LogP contribution is -2.19. The molecule has 0 unspecified atom stereocenters. The number of oxazole rings is 1. The molecule has 0 aliphatic heterocycles. The van der Waals surface area contributed by atoms with Gasteiger partial charge in [-0.2, -0.15) is 0 Å². The number of hydrogen-bond donors (Lipinski definition) is 1. The van der Waals surface area contributed by atoms with Crippen LogP contribution in [0.25, 0.3) is 0 Å². The lowest BCUT2D eigenvalue weighted by molar-refractivity contribution is 0.341. The van der Waals surface area contributed by atoms with Crippen LogP contribution in [0.15, 0.2) is 10.6 Å². The maximum Gasteiger partial charge on any atom is 0.208 e. The fraction of sp³-hybridized carbons (Fsp3) is 0.786. The van der Waals surface area contributed by atoms with Crippen LogP contribution in [0.2, 0.25) is 0 Å². The Bertz CT molecular complexity index is 351. The summed E-state index contributed by atoms with van der Waals surface area (Å²) in [6, 6.07) is 0. The Morgan fingerprint density at radius 2 is 2.12 bits per heavy atom. The van der Waals surface area contributed by atoms with E-state index < -0.39 is 0 Å². The van der Waals surface area contributed by atoms with E-state index >= 15 is 0 Å². The van der Waals surface area contributed by atoms with Crippen LogP contribution < -0.4 is 5.32 Å². The van der Waals surface area contributed by atoms with Crippen LogP contribution in [0.3, 0.4) is 0 Å². The monoisotopic (exact) mass is 236 g/mol. The Labute approximate surface area is 104 Å². The topological polar surface area (TPSA) is 38.1 Å². The van der Waals surface area contributed by atoms with Gasteiger partial charge in [0.25, 0.3) is 0 Å². The summed E-state index contributed by atoms with van der Waals surface area (Å²) in [6.07, 6.45) is 7.04. The molecule has 3 heteroatoms. The average molecular weight is 236 g/mol. The van der Waals surface area contributed by atoms with Crippen molar-refractivity contribution in [1.29, 1.82) is 0 Å². The molecule has 1 aliphatic carbocycles. The second-order valence-electron chi connectivity index (χ2n) is 5.91. The van der Waals surface area contributed by atoms with Gasteiger partial charge in [-0.3, -0.25) is 0 Å². The zero-order chi connectivity index (χ0) is 12.3. The summed E-state index contributed by atoms with van der Waals surface area (Å²) < 4.78 is 5.88. The van der Waals surface area contributed by atoms with Crippen LogP contribution in [-0.4, -0.2) is 11.5 Å². The number of nitrogens with one attached hydrogen (secondary N) is 1. The third-order valence-electron chi connectivity index (χ3n) is 3.68. The van der Waals surface area contributed by atoms with Crippen molar-refractivity contribution < 1.29 is 4.42 Å². The highest BCUT2D eigenvalue weighted by atomic mass is 16.4. The van der Waals surface area contributed by atoms with Gasteiger partial charge in [0.15, 0.2) is 0 Å². The zero-order valence-electron chi connectivity index (χ0n) is 11.3. The largest absolute Gasteiger partial charge is 0.444 e. The minimum atomic E-state index is 0.239. The van der Waals surface area contributed by atoms with Gasteiger partial charge in [0.05, 0.1) is 12.7 Å². The minimum Gasteiger partial charge on any atom is -0.444 e. The first-order chi connectivity index (χ1) is 8.10. The van der Waals surface area contributed by atoms with Crippen molar-refractivity contribution in [2.45, 2.75) is 58.4 Å². The Hall–Kier alpha value is -0.830. The molecule has 0 spiro atoms. The first kappa shape index (κ1) is 12.6. The minimum absolute atomic E-state index is 0.239. The molecule has 3 nitrogen and oxygen atoms in total. The molecular formula is C14H24N2O. The van der Waals surface area contributed by atoms with Crippen molar-refractivity contribution >= 4 is 0 Å². The summed E-state index contributed by atoms with van der Waals surface area (Å²) in [5.74, 6) is 2.57. The molecule has 96 valence electrons. The summed E-state index contributed by atoms with van der Waals surface area (Å²) in [5.41, 5.74) is 0.239. The number of rotatable bonds is 5. The highest BCUT2D eigenvalue weighted by Crippen LogP contribution is 2.40. The van der Waals surface area contributed by atoms with Gasteiger partial charge in [-0.25, -0.2) is 4.98 Å². The van der Waals surface area contributed by atoms with Crippen molar-refractivity contribution in [2.75, 3.05) is 6.54 Å². The lowest BCUT2D eigenvalue weighted by atomic mass is 9.87. The molecule has 1 heterocycles. The molecule has 0 aromatic carbocycles. The summed E-state index contributed by atoms with van der Waals surface area (Å²) in [6.45, 7) is 8.45. The van der Waals surface area contributed by atoms with Crippen molar-refractivity contribution in [3.05, 3.63) is 17.8 Å². The van der Waals surface area contributed by atoms with Crippen LogP contribution in [0.5, 0.6) is 0 Å². The second-order valence-corrected chi connectivity index (χ2v) is 5.91. The molecular weight excluding hydrogens is 212 g/mol. The van der Waals surface area contributed by atoms with Gasteiger partial charge in [-0.15, -0.1) is 0 Å². The first-order valence-corrected chi connectivity index (χ1v) is 6.76. The molecule has 0 atom stereocenters. The Balaban J connectivity index is 1.91. The molecule has 1 aromatic rings. The van der Waals surface area contributed by atoms with Crippen LogP contribution in [-0.2, 0) is 12.0 Å². The van der Waals surface area contributed by atoms with Crippen LogP contribution in [0, 0.1) is 5.92 Å². The Kier molecular flexibility index (Phi) is 3.87. The number of aromatic nitrogens is 1. The van der Waals surface area contributed by atoms with E-state index in [4.69, 9.17) is 4.42 Å². The van der Waals surface area contributed by atoms with Crippen molar-refractivity contribution in [3.63, 3.8) is 0 Å². The molecule has 0 saturated heterocycles. The predicted octanol–water partition coefficient (Wildman–Crippen LogP) is 3.25. The van der Waals surface area contributed by atoms with E-state index in [1.165, 1.54) is 25.7 Å². The molecule has 17 heavy (non-hydrogen) atoms. The number of hydrogen-bond acceptors (Lipinski definition) is 3. The molecule has 0 bridgehead atoms. The van der Waals surface area contributed by atoms with Crippen LogP contribution >= 0.6 is 0 Å². The molecule has 0 radical (unpaired) electrons. The average Bonchev–Trinajstić information content (AvgIpc) is 2.87. The summed E-state index contributed by atoms with van der Waals surface area (Å²) in [5, 5.41) is 3.36. The van der Waals surface area contributed by atoms with Gasteiger partial charge < -0.3 is 9.73 Å². The zero-order valence-corrected chi connectivity index (χ0v) is 11.3. The standard InChI is InChI=1S/C14H24N2O/c1-11(2)8-15-10-13-16-9-12(17-13)14(3)6-4-5-7-14/h9,11,15H,4-8,10H2,1-3H3. The molecule has 2 rings (SSSR count). The quantitative estimate of drug-likeness (QED) is 0.852. The van der Waals surface area contributed by atoms with E-state index in [1.807, 2.05) is 6.20 Å². The van der Waals surface area contributed by atoms with Gasteiger partial charge >= 0.3 is 0 Å². The molecule has 1 saturated carbocycles. The maximum atomic E-state index is 5.88. The Morgan fingerprint density at radius 1 is 1.41 bits per heavy atom. The third kappa shape index (κ3) is 3.09. The van der Waals surface area contributed by atoms with Gasteiger partial charge in [-0.1, -0.05) is 33.6 Å². The van der Waals surface area contributed by atoms with Gasteiger partial charge in [0.2, 0.25) is 5.89 Å². The molecule has 1 aromatic heterocycles. The SMILES string of the molecule is CC(C)CNCc1ncc(C2(C)CCCC2)o1. The fourth-order valence-electron chi connectivity index (χ4n) is 2.54. The van der Waals surface area contributed by atoms with E-state index in [9.17, 15) is 0 Å². The highest BCUT2D eigenvalue weighted by molar-refractivity contribution is 5.11. The lowest BCUT2D eigenvalue weighted by Gasteiger charge is -2.19. The number of nitrogens with zero attached hydrogens (tertiary/aromatic N) is 1. The smallest absolute Gasteiger partial charge is 0.208 e. The molecule has 1 N–H and O–H groups in total.